The van der Waals surface area contributed by atoms with Crippen molar-refractivity contribution < 1.29 is 22.6 Å². The summed E-state index contributed by atoms with van der Waals surface area (Å²) in [7, 11) is 0. The molecule has 8 heteroatoms. The summed E-state index contributed by atoms with van der Waals surface area (Å²) in [4.78, 5) is 3.78. The van der Waals surface area contributed by atoms with E-state index in [2.05, 4.69) is 15.6 Å². The molecule has 5 nitrogen and oxygen atoms in total. The van der Waals surface area contributed by atoms with Crippen LogP contribution in [0.25, 0.3) is 0 Å². The fourth-order valence-corrected chi connectivity index (χ4v) is 2.48. The predicted molar refractivity (Wildman–Crippen MR) is 86.7 cm³/mol. The number of benzene rings is 1. The van der Waals surface area contributed by atoms with E-state index >= 15 is 0 Å². The first-order chi connectivity index (χ1) is 11.9. The van der Waals surface area contributed by atoms with Crippen LogP contribution in [0, 0.1) is 0 Å². The van der Waals surface area contributed by atoms with Crippen molar-refractivity contribution in [3.8, 4) is 11.5 Å². The summed E-state index contributed by atoms with van der Waals surface area (Å²) in [5.41, 5.74) is -0.796. The summed E-state index contributed by atoms with van der Waals surface area (Å²) >= 11 is 0. The summed E-state index contributed by atoms with van der Waals surface area (Å²) in [6.07, 6.45) is -3.80. The van der Waals surface area contributed by atoms with Gasteiger partial charge in [0.25, 0.3) is 0 Å². The minimum Gasteiger partial charge on any atom is -0.486 e. The lowest BCUT2D eigenvalue weighted by atomic mass is 10.2. The van der Waals surface area contributed by atoms with Gasteiger partial charge in [-0.25, -0.2) is 4.98 Å². The third-order valence-corrected chi connectivity index (χ3v) is 3.69. The molecule has 0 amide bonds. The molecule has 2 unspecified atom stereocenters. The summed E-state index contributed by atoms with van der Waals surface area (Å²) in [6, 6.07) is 9.60. The number of nitrogens with zero attached hydrogens (tertiary/aromatic N) is 1. The zero-order chi connectivity index (χ0) is 17.9. The van der Waals surface area contributed by atoms with E-state index in [-0.39, 0.29) is 11.9 Å². The van der Waals surface area contributed by atoms with Crippen LogP contribution < -0.4 is 20.1 Å². The second-order valence-electron chi connectivity index (χ2n) is 5.67. The number of pyridine rings is 1. The Morgan fingerprint density at radius 1 is 1.20 bits per heavy atom. The fraction of sp³-hybridized carbons (Fsp3) is 0.353. The summed E-state index contributed by atoms with van der Waals surface area (Å²) in [5, 5.41) is 5.82. The maximum absolute atomic E-state index is 13.0. The first-order valence-electron chi connectivity index (χ1n) is 7.84. The number of alkyl halides is 3. The molecule has 0 aliphatic carbocycles. The third-order valence-electron chi connectivity index (χ3n) is 3.69. The van der Waals surface area contributed by atoms with Crippen molar-refractivity contribution in [2.24, 2.45) is 0 Å². The number of ether oxygens (including phenoxy) is 2. The van der Waals surface area contributed by atoms with Gasteiger partial charge >= 0.3 is 6.18 Å². The molecule has 1 aliphatic rings. The Morgan fingerprint density at radius 3 is 2.72 bits per heavy atom. The van der Waals surface area contributed by atoms with Gasteiger partial charge in [0.15, 0.2) is 11.5 Å². The fourth-order valence-electron chi connectivity index (χ4n) is 2.48. The Hall–Kier alpha value is -2.48. The maximum Gasteiger partial charge on any atom is 0.419 e. The van der Waals surface area contributed by atoms with Crippen LogP contribution in [-0.4, -0.2) is 30.4 Å². The van der Waals surface area contributed by atoms with Crippen LogP contribution in [0.5, 0.6) is 11.5 Å². The Morgan fingerprint density at radius 2 is 1.96 bits per heavy atom. The van der Waals surface area contributed by atoms with E-state index < -0.39 is 17.9 Å². The van der Waals surface area contributed by atoms with E-state index in [0.717, 1.165) is 6.07 Å². The van der Waals surface area contributed by atoms with Crippen molar-refractivity contribution in [1.82, 2.24) is 10.3 Å². The van der Waals surface area contributed by atoms with Crippen molar-refractivity contribution >= 4 is 5.82 Å². The first-order valence-corrected chi connectivity index (χ1v) is 7.84. The zero-order valence-electron chi connectivity index (χ0n) is 13.5. The van der Waals surface area contributed by atoms with E-state index in [4.69, 9.17) is 9.47 Å². The minimum absolute atomic E-state index is 0.207. The number of anilines is 1. The number of fused-ring (bicyclic) bond motifs is 1. The molecule has 2 heterocycles. The summed E-state index contributed by atoms with van der Waals surface area (Å²) < 4.78 is 50.3. The molecule has 25 heavy (non-hydrogen) atoms. The van der Waals surface area contributed by atoms with E-state index in [0.29, 0.717) is 24.7 Å². The molecule has 134 valence electrons. The summed E-state index contributed by atoms with van der Waals surface area (Å²) in [5.74, 6) is 1.14. The quantitative estimate of drug-likeness (QED) is 0.808. The molecule has 2 N–H and O–H groups in total. The zero-order valence-corrected chi connectivity index (χ0v) is 13.5. The van der Waals surface area contributed by atoms with Gasteiger partial charge in [0.2, 0.25) is 0 Å². The van der Waals surface area contributed by atoms with Crippen LogP contribution in [-0.2, 0) is 6.18 Å². The van der Waals surface area contributed by atoms with Crippen molar-refractivity contribution in [1.29, 1.82) is 0 Å². The van der Waals surface area contributed by atoms with Crippen LogP contribution in [0.3, 0.4) is 0 Å². The van der Waals surface area contributed by atoms with Gasteiger partial charge in [-0.05, 0) is 31.2 Å². The van der Waals surface area contributed by atoms with Crippen LogP contribution in [0.2, 0.25) is 0 Å². The minimum atomic E-state index is -4.46. The molecule has 2 atom stereocenters. The lowest BCUT2D eigenvalue weighted by Gasteiger charge is -2.28. The molecular weight excluding hydrogens is 335 g/mol. The molecule has 0 fully saturated rings. The molecule has 0 bridgehead atoms. The van der Waals surface area contributed by atoms with Gasteiger partial charge in [0, 0.05) is 12.7 Å². The number of rotatable bonds is 5. The molecular formula is C17H18F3N3O2. The van der Waals surface area contributed by atoms with Crippen molar-refractivity contribution in [3.05, 3.63) is 48.2 Å². The predicted octanol–water partition coefficient (Wildman–Crippen LogP) is 3.29. The molecule has 0 radical (unpaired) electrons. The molecule has 1 aliphatic heterocycles. The van der Waals surface area contributed by atoms with E-state index in [1.165, 1.54) is 12.3 Å². The van der Waals surface area contributed by atoms with Crippen molar-refractivity contribution in [2.45, 2.75) is 25.4 Å². The van der Waals surface area contributed by atoms with Crippen LogP contribution in [0.1, 0.15) is 12.5 Å². The van der Waals surface area contributed by atoms with Crippen molar-refractivity contribution in [3.63, 3.8) is 0 Å². The smallest absolute Gasteiger partial charge is 0.419 e. The Kier molecular flexibility index (Phi) is 4.98. The standard InChI is InChI=1S/C17H18F3N3O2/c1-11(23-16-13(17(18,19)20)5-4-8-21-16)22-9-12-10-24-14-6-2-3-7-15(14)25-12/h2-8,11-12,22H,9-10H2,1H3,(H,21,23). The largest absolute Gasteiger partial charge is 0.486 e. The normalized spacial score (nSPS) is 17.8. The van der Waals surface area contributed by atoms with E-state index in [1.54, 1.807) is 6.92 Å². The second kappa shape index (κ2) is 7.18. The van der Waals surface area contributed by atoms with Crippen LogP contribution in [0.15, 0.2) is 42.6 Å². The van der Waals surface area contributed by atoms with Gasteiger partial charge in [-0.15, -0.1) is 0 Å². The van der Waals surface area contributed by atoms with Crippen LogP contribution >= 0.6 is 0 Å². The lowest BCUT2D eigenvalue weighted by molar-refractivity contribution is -0.137. The second-order valence-corrected chi connectivity index (χ2v) is 5.67. The van der Waals surface area contributed by atoms with Gasteiger partial charge in [0.05, 0.1) is 11.7 Å². The average molecular weight is 353 g/mol. The highest BCUT2D eigenvalue weighted by molar-refractivity contribution is 5.46. The average Bonchev–Trinajstić information content (AvgIpc) is 2.59. The first kappa shape index (κ1) is 17.3. The summed E-state index contributed by atoms with van der Waals surface area (Å²) in [6.45, 7) is 2.50. The van der Waals surface area contributed by atoms with Crippen LogP contribution in [0.4, 0.5) is 19.0 Å². The molecule has 0 saturated heterocycles. The van der Waals surface area contributed by atoms with Gasteiger partial charge in [0.1, 0.15) is 18.5 Å². The number of hydrogen-bond donors (Lipinski definition) is 2. The van der Waals surface area contributed by atoms with E-state index in [9.17, 15) is 13.2 Å². The van der Waals surface area contributed by atoms with Gasteiger partial charge < -0.3 is 14.8 Å². The lowest BCUT2D eigenvalue weighted by Crippen LogP contribution is -2.44. The Balaban J connectivity index is 1.55. The molecule has 3 rings (SSSR count). The molecule has 2 aromatic rings. The highest BCUT2D eigenvalue weighted by atomic mass is 19.4. The Bertz CT molecular complexity index is 724. The number of para-hydroxylation sites is 2. The van der Waals surface area contributed by atoms with Gasteiger partial charge in [-0.1, -0.05) is 12.1 Å². The number of nitrogens with one attached hydrogen (secondary N) is 2. The highest BCUT2D eigenvalue weighted by Crippen LogP contribution is 2.33. The molecule has 0 spiro atoms. The molecule has 0 saturated carbocycles. The topological polar surface area (TPSA) is 55.4 Å². The third kappa shape index (κ3) is 4.33. The monoisotopic (exact) mass is 353 g/mol. The maximum atomic E-state index is 13.0. The molecule has 1 aromatic carbocycles. The number of aromatic nitrogens is 1. The van der Waals surface area contributed by atoms with Gasteiger partial charge in [-0.2, -0.15) is 13.2 Å². The van der Waals surface area contributed by atoms with Gasteiger partial charge in [-0.3, -0.25) is 5.32 Å². The van der Waals surface area contributed by atoms with Crippen molar-refractivity contribution in [2.75, 3.05) is 18.5 Å². The number of hydrogen-bond acceptors (Lipinski definition) is 5. The number of halogens is 3. The molecule has 1 aromatic heterocycles. The highest BCUT2D eigenvalue weighted by Gasteiger charge is 2.34. The SMILES string of the molecule is CC(NCC1COc2ccccc2O1)Nc1ncccc1C(F)(F)F. The van der Waals surface area contributed by atoms with E-state index in [1.807, 2.05) is 24.3 Å². The Labute approximate surface area is 143 Å².